The zero-order valence-electron chi connectivity index (χ0n) is 8.64. The molecule has 74 valence electrons. The molecule has 0 saturated heterocycles. The summed E-state index contributed by atoms with van der Waals surface area (Å²) < 4.78 is 0. The van der Waals surface area contributed by atoms with Gasteiger partial charge in [-0.05, 0) is 23.1 Å². The molecule has 0 spiro atoms. The molecular formula is C11H14N2O. The number of aromatic nitrogens is 2. The molecule has 2 N–H and O–H groups in total. The first-order valence-electron chi connectivity index (χ1n) is 4.69. The van der Waals surface area contributed by atoms with Gasteiger partial charge in [-0.1, -0.05) is 26.8 Å². The smallest absolute Gasteiger partial charge is 0.306 e. The van der Waals surface area contributed by atoms with Crippen LogP contribution in [-0.2, 0) is 5.41 Å². The van der Waals surface area contributed by atoms with Crippen molar-refractivity contribution in [3.05, 3.63) is 34.2 Å². The molecular weight excluding hydrogens is 176 g/mol. The summed E-state index contributed by atoms with van der Waals surface area (Å²) >= 11 is 0. The lowest BCUT2D eigenvalue weighted by molar-refractivity contribution is 0.591. The van der Waals surface area contributed by atoms with Gasteiger partial charge in [0, 0.05) is 0 Å². The number of hydrogen-bond acceptors (Lipinski definition) is 1. The van der Waals surface area contributed by atoms with E-state index in [2.05, 4.69) is 30.7 Å². The van der Waals surface area contributed by atoms with E-state index in [0.717, 1.165) is 11.0 Å². The second kappa shape index (κ2) is 2.74. The average Bonchev–Trinajstić information content (AvgIpc) is 2.41. The Labute approximate surface area is 82.2 Å². The SMILES string of the molecule is CC(C)(C)c1ccc2[nH]c(=O)[nH]c2c1. The van der Waals surface area contributed by atoms with Crippen molar-refractivity contribution in [3.8, 4) is 0 Å². The van der Waals surface area contributed by atoms with E-state index in [1.807, 2.05) is 18.2 Å². The van der Waals surface area contributed by atoms with Gasteiger partial charge in [-0.2, -0.15) is 0 Å². The Bertz CT molecular complexity index is 514. The van der Waals surface area contributed by atoms with E-state index in [1.54, 1.807) is 0 Å². The van der Waals surface area contributed by atoms with Crippen LogP contribution in [-0.4, -0.2) is 9.97 Å². The Morgan fingerprint density at radius 2 is 1.71 bits per heavy atom. The normalized spacial score (nSPS) is 12.2. The summed E-state index contributed by atoms with van der Waals surface area (Å²) in [5.41, 5.74) is 2.93. The zero-order valence-corrected chi connectivity index (χ0v) is 8.64. The van der Waals surface area contributed by atoms with E-state index in [1.165, 1.54) is 5.56 Å². The van der Waals surface area contributed by atoms with Crippen molar-refractivity contribution < 1.29 is 0 Å². The van der Waals surface area contributed by atoms with Gasteiger partial charge in [0.15, 0.2) is 0 Å². The maximum Gasteiger partial charge on any atom is 0.323 e. The Balaban J connectivity index is 2.67. The molecule has 0 radical (unpaired) electrons. The van der Waals surface area contributed by atoms with Crippen molar-refractivity contribution in [1.82, 2.24) is 9.97 Å². The van der Waals surface area contributed by atoms with Crippen LogP contribution in [0, 0.1) is 0 Å². The summed E-state index contributed by atoms with van der Waals surface area (Å²) in [7, 11) is 0. The second-order valence-corrected chi connectivity index (χ2v) is 4.59. The molecule has 0 atom stereocenters. The topological polar surface area (TPSA) is 48.6 Å². The van der Waals surface area contributed by atoms with Crippen LogP contribution >= 0.6 is 0 Å². The van der Waals surface area contributed by atoms with Crippen molar-refractivity contribution >= 4 is 11.0 Å². The molecule has 0 aliphatic rings. The molecule has 1 aromatic heterocycles. The van der Waals surface area contributed by atoms with Crippen LogP contribution < -0.4 is 5.69 Å². The summed E-state index contributed by atoms with van der Waals surface area (Å²) in [6, 6.07) is 6.01. The van der Waals surface area contributed by atoms with Gasteiger partial charge >= 0.3 is 5.69 Å². The lowest BCUT2D eigenvalue weighted by Gasteiger charge is -2.18. The standard InChI is InChI=1S/C11H14N2O/c1-11(2,3)7-4-5-8-9(6-7)13-10(14)12-8/h4-6H,1-3H3,(H2,12,13,14). The fraction of sp³-hybridized carbons (Fsp3) is 0.364. The molecule has 0 aliphatic heterocycles. The number of aromatic amines is 2. The van der Waals surface area contributed by atoms with Gasteiger partial charge in [-0.3, -0.25) is 0 Å². The lowest BCUT2D eigenvalue weighted by atomic mass is 9.87. The minimum atomic E-state index is -0.147. The summed E-state index contributed by atoms with van der Waals surface area (Å²) in [5.74, 6) is 0. The Morgan fingerprint density at radius 1 is 1.07 bits per heavy atom. The van der Waals surface area contributed by atoms with Crippen molar-refractivity contribution in [2.75, 3.05) is 0 Å². The third-order valence-electron chi connectivity index (χ3n) is 2.38. The first-order chi connectivity index (χ1) is 6.47. The van der Waals surface area contributed by atoms with E-state index in [4.69, 9.17) is 0 Å². The fourth-order valence-electron chi connectivity index (χ4n) is 1.50. The van der Waals surface area contributed by atoms with Crippen LogP contribution in [0.4, 0.5) is 0 Å². The summed E-state index contributed by atoms with van der Waals surface area (Å²) in [6.07, 6.45) is 0. The van der Waals surface area contributed by atoms with Crippen LogP contribution in [0.3, 0.4) is 0 Å². The molecule has 2 rings (SSSR count). The molecule has 1 heterocycles. The quantitative estimate of drug-likeness (QED) is 0.657. The van der Waals surface area contributed by atoms with E-state index in [9.17, 15) is 4.79 Å². The molecule has 0 bridgehead atoms. The predicted molar refractivity (Wildman–Crippen MR) is 57.6 cm³/mol. The largest absolute Gasteiger partial charge is 0.323 e. The first-order valence-corrected chi connectivity index (χ1v) is 4.69. The van der Waals surface area contributed by atoms with Gasteiger partial charge in [0.05, 0.1) is 11.0 Å². The van der Waals surface area contributed by atoms with Crippen LogP contribution in [0.5, 0.6) is 0 Å². The molecule has 1 aromatic carbocycles. The maximum atomic E-state index is 11.0. The van der Waals surface area contributed by atoms with Crippen molar-refractivity contribution in [2.45, 2.75) is 26.2 Å². The van der Waals surface area contributed by atoms with Crippen LogP contribution in [0.2, 0.25) is 0 Å². The molecule has 3 nitrogen and oxygen atoms in total. The number of nitrogens with one attached hydrogen (secondary N) is 2. The molecule has 0 saturated carbocycles. The zero-order chi connectivity index (χ0) is 10.3. The van der Waals surface area contributed by atoms with Crippen LogP contribution in [0.1, 0.15) is 26.3 Å². The molecule has 0 fully saturated rings. The number of fused-ring (bicyclic) bond motifs is 1. The van der Waals surface area contributed by atoms with Crippen molar-refractivity contribution in [2.24, 2.45) is 0 Å². The Hall–Kier alpha value is -1.51. The molecule has 14 heavy (non-hydrogen) atoms. The highest BCUT2D eigenvalue weighted by Crippen LogP contribution is 2.23. The lowest BCUT2D eigenvalue weighted by Crippen LogP contribution is -2.10. The van der Waals surface area contributed by atoms with Gasteiger partial charge in [0.1, 0.15) is 0 Å². The Morgan fingerprint density at radius 3 is 2.36 bits per heavy atom. The summed E-state index contributed by atoms with van der Waals surface area (Å²) in [4.78, 5) is 16.5. The highest BCUT2D eigenvalue weighted by Gasteiger charge is 2.14. The maximum absolute atomic E-state index is 11.0. The minimum absolute atomic E-state index is 0.113. The third kappa shape index (κ3) is 1.45. The summed E-state index contributed by atoms with van der Waals surface area (Å²) in [5, 5.41) is 0. The number of rotatable bonds is 0. The molecule has 0 aliphatic carbocycles. The second-order valence-electron chi connectivity index (χ2n) is 4.59. The van der Waals surface area contributed by atoms with Crippen molar-refractivity contribution in [3.63, 3.8) is 0 Å². The monoisotopic (exact) mass is 190 g/mol. The molecule has 0 unspecified atom stereocenters. The first kappa shape index (κ1) is 9.06. The third-order valence-corrected chi connectivity index (χ3v) is 2.38. The van der Waals surface area contributed by atoms with E-state index in [0.29, 0.717) is 0 Å². The van der Waals surface area contributed by atoms with E-state index >= 15 is 0 Å². The molecule has 2 aromatic rings. The Kier molecular flexibility index (Phi) is 1.77. The highest BCUT2D eigenvalue weighted by atomic mass is 16.1. The average molecular weight is 190 g/mol. The fourth-order valence-corrected chi connectivity index (χ4v) is 1.50. The van der Waals surface area contributed by atoms with Gasteiger partial charge in [-0.15, -0.1) is 0 Å². The van der Waals surface area contributed by atoms with Gasteiger partial charge in [0.2, 0.25) is 0 Å². The number of H-pyrrole nitrogens is 2. The minimum Gasteiger partial charge on any atom is -0.306 e. The van der Waals surface area contributed by atoms with Crippen molar-refractivity contribution in [1.29, 1.82) is 0 Å². The van der Waals surface area contributed by atoms with Crippen LogP contribution in [0.25, 0.3) is 11.0 Å². The molecule has 3 heteroatoms. The predicted octanol–water partition coefficient (Wildman–Crippen LogP) is 2.15. The number of benzene rings is 1. The number of hydrogen-bond donors (Lipinski definition) is 2. The van der Waals surface area contributed by atoms with Crippen LogP contribution in [0.15, 0.2) is 23.0 Å². The highest BCUT2D eigenvalue weighted by molar-refractivity contribution is 5.75. The van der Waals surface area contributed by atoms with Gasteiger partial charge < -0.3 is 9.97 Å². The van der Waals surface area contributed by atoms with Gasteiger partial charge in [-0.25, -0.2) is 4.79 Å². The molecule has 0 amide bonds. The van der Waals surface area contributed by atoms with Gasteiger partial charge in [0.25, 0.3) is 0 Å². The van der Waals surface area contributed by atoms with E-state index < -0.39 is 0 Å². The summed E-state index contributed by atoms with van der Waals surface area (Å²) in [6.45, 7) is 6.46. The number of imidazole rings is 1. The van der Waals surface area contributed by atoms with E-state index in [-0.39, 0.29) is 11.1 Å².